The second kappa shape index (κ2) is 9.08. The topological polar surface area (TPSA) is 69.6 Å². The molecule has 0 spiro atoms. The zero-order valence-electron chi connectivity index (χ0n) is 11.6. The molecule has 0 aliphatic carbocycles. The molecule has 0 rings (SSSR count). The van der Waals surface area contributed by atoms with Crippen LogP contribution < -0.4 is 5.32 Å². The molecule has 0 saturated carbocycles. The summed E-state index contributed by atoms with van der Waals surface area (Å²) in [5.41, 5.74) is 0. The summed E-state index contributed by atoms with van der Waals surface area (Å²) >= 11 is 1.75. The van der Waals surface area contributed by atoms with E-state index in [0.29, 0.717) is 19.0 Å². The number of thioether (sulfide) groups is 1. The van der Waals surface area contributed by atoms with E-state index in [1.807, 2.05) is 13.2 Å². The van der Waals surface area contributed by atoms with Gasteiger partial charge in [0.05, 0.1) is 5.92 Å². The van der Waals surface area contributed by atoms with Gasteiger partial charge in [0.2, 0.25) is 0 Å². The lowest BCUT2D eigenvalue weighted by atomic mass is 10.2. The molecule has 0 aliphatic rings. The number of hydrogen-bond donors (Lipinski definition) is 2. The Morgan fingerprint density at radius 1 is 1.39 bits per heavy atom. The van der Waals surface area contributed by atoms with Crippen LogP contribution in [-0.2, 0) is 4.79 Å². The molecule has 5 nitrogen and oxygen atoms in total. The van der Waals surface area contributed by atoms with Gasteiger partial charge in [-0.05, 0) is 24.9 Å². The predicted molar refractivity (Wildman–Crippen MR) is 75.0 cm³/mol. The molecule has 0 fully saturated rings. The Morgan fingerprint density at radius 3 is 2.44 bits per heavy atom. The molecule has 2 N–H and O–H groups in total. The molecule has 0 radical (unpaired) electrons. The summed E-state index contributed by atoms with van der Waals surface area (Å²) in [6.45, 7) is 6.91. The maximum atomic E-state index is 11.9. The van der Waals surface area contributed by atoms with E-state index in [0.717, 1.165) is 5.75 Å². The van der Waals surface area contributed by atoms with Crippen LogP contribution in [0.25, 0.3) is 0 Å². The summed E-state index contributed by atoms with van der Waals surface area (Å²) in [4.78, 5) is 24.2. The van der Waals surface area contributed by atoms with Gasteiger partial charge in [-0.2, -0.15) is 11.8 Å². The highest BCUT2D eigenvalue weighted by atomic mass is 32.2. The van der Waals surface area contributed by atoms with Crippen LogP contribution in [0, 0.1) is 11.8 Å². The van der Waals surface area contributed by atoms with Gasteiger partial charge >= 0.3 is 12.0 Å². The number of urea groups is 1. The number of carboxylic acids is 1. The molecule has 2 atom stereocenters. The Kier molecular flexibility index (Phi) is 8.62. The molecule has 0 saturated heterocycles. The van der Waals surface area contributed by atoms with Crippen molar-refractivity contribution in [2.24, 2.45) is 11.8 Å². The molecule has 0 heterocycles. The van der Waals surface area contributed by atoms with E-state index in [4.69, 9.17) is 5.11 Å². The lowest BCUT2D eigenvalue weighted by Crippen LogP contribution is -2.44. The van der Waals surface area contributed by atoms with Crippen molar-refractivity contribution in [2.45, 2.75) is 20.8 Å². The lowest BCUT2D eigenvalue weighted by Gasteiger charge is -2.24. The average molecular weight is 276 g/mol. The number of carboxylic acid groups (broad SMARTS) is 1. The van der Waals surface area contributed by atoms with Gasteiger partial charge in [-0.25, -0.2) is 4.79 Å². The maximum absolute atomic E-state index is 11.9. The molecule has 2 amide bonds. The quantitative estimate of drug-likeness (QED) is 0.708. The van der Waals surface area contributed by atoms with Crippen molar-refractivity contribution in [3.8, 4) is 0 Å². The molecular weight excluding hydrogens is 252 g/mol. The van der Waals surface area contributed by atoms with E-state index in [1.165, 1.54) is 4.90 Å². The molecule has 6 heteroatoms. The zero-order valence-corrected chi connectivity index (χ0v) is 12.4. The minimum absolute atomic E-state index is 0.182. The SMILES string of the molecule is CCN(CC(C)C(=O)O)C(=O)NCC(C)CSC. The fraction of sp³-hybridized carbons (Fsp3) is 0.833. The molecule has 18 heavy (non-hydrogen) atoms. The smallest absolute Gasteiger partial charge is 0.317 e. The van der Waals surface area contributed by atoms with Gasteiger partial charge in [0.15, 0.2) is 0 Å². The number of carbonyl (C=O) groups is 2. The molecule has 0 aromatic carbocycles. The van der Waals surface area contributed by atoms with Crippen LogP contribution in [0.15, 0.2) is 0 Å². The molecule has 106 valence electrons. The number of aliphatic carboxylic acids is 1. The Hall–Kier alpha value is -0.910. The van der Waals surface area contributed by atoms with E-state index >= 15 is 0 Å². The first-order chi connectivity index (χ1) is 8.42. The zero-order chi connectivity index (χ0) is 14.1. The third kappa shape index (κ3) is 6.74. The molecule has 0 aromatic heterocycles. The third-order valence-electron chi connectivity index (χ3n) is 2.64. The van der Waals surface area contributed by atoms with Gasteiger partial charge in [-0.1, -0.05) is 13.8 Å². The summed E-state index contributed by atoms with van der Waals surface area (Å²) in [6, 6.07) is -0.182. The number of carbonyl (C=O) groups excluding carboxylic acids is 1. The highest BCUT2D eigenvalue weighted by Crippen LogP contribution is 2.04. The van der Waals surface area contributed by atoms with Crippen molar-refractivity contribution < 1.29 is 14.7 Å². The summed E-state index contributed by atoms with van der Waals surface area (Å²) in [7, 11) is 0. The first-order valence-corrected chi connectivity index (χ1v) is 7.56. The van der Waals surface area contributed by atoms with Gasteiger partial charge in [0, 0.05) is 19.6 Å². The van der Waals surface area contributed by atoms with Crippen LogP contribution >= 0.6 is 11.8 Å². The highest BCUT2D eigenvalue weighted by Gasteiger charge is 2.19. The Labute approximate surface area is 113 Å². The minimum atomic E-state index is -0.878. The van der Waals surface area contributed by atoms with E-state index in [1.54, 1.807) is 18.7 Å². The molecule has 0 aromatic rings. The standard InChI is InChI=1S/C12H24N2O3S/c1-5-14(7-10(3)11(15)16)12(17)13-6-9(2)8-18-4/h9-10H,5-8H2,1-4H3,(H,13,17)(H,15,16). The Balaban J connectivity index is 4.14. The van der Waals surface area contributed by atoms with E-state index in [2.05, 4.69) is 12.2 Å². The van der Waals surface area contributed by atoms with Crippen LogP contribution in [0.3, 0.4) is 0 Å². The van der Waals surface area contributed by atoms with Gasteiger partial charge in [-0.3, -0.25) is 4.79 Å². The molecule has 0 aliphatic heterocycles. The van der Waals surface area contributed by atoms with Crippen molar-refractivity contribution in [1.29, 1.82) is 0 Å². The summed E-state index contributed by atoms with van der Waals surface area (Å²) in [6.07, 6.45) is 2.03. The molecule has 0 bridgehead atoms. The Morgan fingerprint density at radius 2 is 2.00 bits per heavy atom. The normalized spacial score (nSPS) is 13.8. The second-order valence-electron chi connectivity index (χ2n) is 4.52. The summed E-state index contributed by atoms with van der Waals surface area (Å²) in [5, 5.41) is 11.7. The number of hydrogen-bond acceptors (Lipinski definition) is 3. The maximum Gasteiger partial charge on any atom is 0.317 e. The number of rotatable bonds is 8. The number of nitrogens with one attached hydrogen (secondary N) is 1. The molecule has 2 unspecified atom stereocenters. The van der Waals surface area contributed by atoms with Crippen LogP contribution in [0.2, 0.25) is 0 Å². The van der Waals surface area contributed by atoms with Crippen molar-refractivity contribution in [3.63, 3.8) is 0 Å². The van der Waals surface area contributed by atoms with Crippen molar-refractivity contribution in [3.05, 3.63) is 0 Å². The predicted octanol–water partition coefficient (Wildman–Crippen LogP) is 1.74. The van der Waals surface area contributed by atoms with Crippen molar-refractivity contribution in [2.75, 3.05) is 31.6 Å². The average Bonchev–Trinajstić information content (AvgIpc) is 2.32. The second-order valence-corrected chi connectivity index (χ2v) is 5.44. The van der Waals surface area contributed by atoms with Crippen LogP contribution in [-0.4, -0.2) is 53.6 Å². The highest BCUT2D eigenvalue weighted by molar-refractivity contribution is 7.98. The third-order valence-corrected chi connectivity index (χ3v) is 3.54. The van der Waals surface area contributed by atoms with Crippen LogP contribution in [0.5, 0.6) is 0 Å². The van der Waals surface area contributed by atoms with E-state index in [9.17, 15) is 9.59 Å². The van der Waals surface area contributed by atoms with Crippen LogP contribution in [0.1, 0.15) is 20.8 Å². The van der Waals surface area contributed by atoms with Gasteiger partial charge in [-0.15, -0.1) is 0 Å². The fourth-order valence-corrected chi connectivity index (χ4v) is 2.17. The van der Waals surface area contributed by atoms with Gasteiger partial charge in [0.1, 0.15) is 0 Å². The summed E-state index contributed by atoms with van der Waals surface area (Å²) < 4.78 is 0. The van der Waals surface area contributed by atoms with Gasteiger partial charge < -0.3 is 15.3 Å². The molecular formula is C12H24N2O3S. The van der Waals surface area contributed by atoms with Crippen molar-refractivity contribution in [1.82, 2.24) is 10.2 Å². The van der Waals surface area contributed by atoms with E-state index < -0.39 is 11.9 Å². The first kappa shape index (κ1) is 17.1. The van der Waals surface area contributed by atoms with Gasteiger partial charge in [0.25, 0.3) is 0 Å². The Bertz CT molecular complexity index is 274. The largest absolute Gasteiger partial charge is 0.481 e. The van der Waals surface area contributed by atoms with Crippen LogP contribution in [0.4, 0.5) is 4.79 Å². The number of amides is 2. The fourth-order valence-electron chi connectivity index (χ4n) is 1.48. The number of nitrogens with zero attached hydrogens (tertiary/aromatic N) is 1. The van der Waals surface area contributed by atoms with Crippen molar-refractivity contribution >= 4 is 23.8 Å². The first-order valence-electron chi connectivity index (χ1n) is 6.16. The monoisotopic (exact) mass is 276 g/mol. The minimum Gasteiger partial charge on any atom is -0.481 e. The summed E-state index contributed by atoms with van der Waals surface area (Å²) in [5.74, 6) is -0.00587. The van der Waals surface area contributed by atoms with E-state index in [-0.39, 0.29) is 12.6 Å². The lowest BCUT2D eigenvalue weighted by molar-refractivity contribution is -0.141.